The van der Waals surface area contributed by atoms with Gasteiger partial charge < -0.3 is 4.74 Å². The first kappa shape index (κ1) is 13.0. The second-order valence-electron chi connectivity index (χ2n) is 2.89. The molecule has 0 amide bonds. The number of H-pyrrole nitrogens is 1. The van der Waals surface area contributed by atoms with Crippen LogP contribution >= 0.6 is 10.7 Å². The number of aromatic amines is 1. The van der Waals surface area contributed by atoms with Gasteiger partial charge in [-0.3, -0.25) is 5.10 Å². The average molecular weight is 267 g/mol. The molecule has 0 fully saturated rings. The van der Waals surface area contributed by atoms with E-state index >= 15 is 0 Å². The maximum absolute atomic E-state index is 11.5. The van der Waals surface area contributed by atoms with E-state index < -0.39 is 20.0 Å². The van der Waals surface area contributed by atoms with Gasteiger partial charge in [-0.1, -0.05) is 6.92 Å². The summed E-state index contributed by atoms with van der Waals surface area (Å²) in [5.41, 5.74) is 0.275. The number of esters is 1. The maximum atomic E-state index is 11.5. The Hall–Kier alpha value is -1.08. The first-order valence-corrected chi connectivity index (χ1v) is 6.91. The summed E-state index contributed by atoms with van der Waals surface area (Å²) in [6.45, 7) is 3.52. The van der Waals surface area contributed by atoms with Crippen molar-refractivity contribution in [1.29, 1.82) is 0 Å². The van der Waals surface area contributed by atoms with Crippen molar-refractivity contribution in [2.45, 2.75) is 25.3 Å². The molecule has 90 valence electrons. The van der Waals surface area contributed by atoms with Crippen molar-refractivity contribution in [2.24, 2.45) is 0 Å². The van der Waals surface area contributed by atoms with Crippen LogP contribution in [0.2, 0.25) is 0 Å². The lowest BCUT2D eigenvalue weighted by molar-refractivity contribution is 0.0520. The van der Waals surface area contributed by atoms with Gasteiger partial charge in [-0.05, 0) is 13.3 Å². The van der Waals surface area contributed by atoms with Crippen LogP contribution in [-0.4, -0.2) is 31.2 Å². The second-order valence-corrected chi connectivity index (χ2v) is 5.38. The number of aromatic nitrogens is 2. The topological polar surface area (TPSA) is 89.1 Å². The molecule has 0 saturated carbocycles. The molecule has 0 bridgehead atoms. The SMILES string of the molecule is CCOC(=O)c1c(S(=O)(=O)Cl)n[nH]c1CC. The zero-order valence-electron chi connectivity index (χ0n) is 8.78. The summed E-state index contributed by atoms with van der Waals surface area (Å²) in [7, 11) is 1.10. The fourth-order valence-corrected chi connectivity index (χ4v) is 2.15. The summed E-state index contributed by atoms with van der Waals surface area (Å²) in [6.07, 6.45) is 0.424. The highest BCUT2D eigenvalue weighted by Crippen LogP contribution is 2.21. The van der Waals surface area contributed by atoms with Crippen LogP contribution in [0.1, 0.15) is 29.9 Å². The van der Waals surface area contributed by atoms with Crippen LogP contribution in [0.25, 0.3) is 0 Å². The molecule has 1 aromatic rings. The fourth-order valence-electron chi connectivity index (χ4n) is 1.21. The first-order chi connectivity index (χ1) is 7.41. The molecule has 0 spiro atoms. The summed E-state index contributed by atoms with van der Waals surface area (Å²) in [4.78, 5) is 11.5. The zero-order chi connectivity index (χ0) is 12.3. The van der Waals surface area contributed by atoms with Gasteiger partial charge in [0, 0.05) is 10.7 Å². The second kappa shape index (κ2) is 4.84. The zero-order valence-corrected chi connectivity index (χ0v) is 10.4. The van der Waals surface area contributed by atoms with Gasteiger partial charge in [-0.25, -0.2) is 13.2 Å². The van der Waals surface area contributed by atoms with Crippen LogP contribution in [0.3, 0.4) is 0 Å². The smallest absolute Gasteiger partial charge is 0.343 e. The van der Waals surface area contributed by atoms with E-state index in [1.807, 2.05) is 0 Å². The summed E-state index contributed by atoms with van der Waals surface area (Å²) >= 11 is 0. The van der Waals surface area contributed by atoms with E-state index in [-0.39, 0.29) is 12.2 Å². The molecule has 8 heteroatoms. The normalized spacial score (nSPS) is 11.4. The van der Waals surface area contributed by atoms with E-state index in [2.05, 4.69) is 10.2 Å². The molecule has 0 aliphatic heterocycles. The molecular weight excluding hydrogens is 256 g/mol. The van der Waals surface area contributed by atoms with Crippen molar-refractivity contribution in [1.82, 2.24) is 10.2 Å². The Kier molecular flexibility index (Phi) is 3.93. The number of aryl methyl sites for hydroxylation is 1. The van der Waals surface area contributed by atoms with Gasteiger partial charge in [-0.15, -0.1) is 0 Å². The van der Waals surface area contributed by atoms with E-state index in [1.54, 1.807) is 13.8 Å². The highest BCUT2D eigenvalue weighted by molar-refractivity contribution is 8.13. The molecule has 1 rings (SSSR count). The van der Waals surface area contributed by atoms with Gasteiger partial charge in [0.05, 0.1) is 12.3 Å². The highest BCUT2D eigenvalue weighted by atomic mass is 35.7. The Bertz CT molecular complexity index is 494. The van der Waals surface area contributed by atoms with Gasteiger partial charge in [0.25, 0.3) is 9.05 Å². The first-order valence-electron chi connectivity index (χ1n) is 4.60. The van der Waals surface area contributed by atoms with Crippen molar-refractivity contribution < 1.29 is 17.9 Å². The van der Waals surface area contributed by atoms with Crippen LogP contribution in [0.4, 0.5) is 0 Å². The molecule has 1 heterocycles. The molecule has 0 aromatic carbocycles. The lowest BCUT2D eigenvalue weighted by atomic mass is 10.2. The number of hydrogen-bond donors (Lipinski definition) is 1. The summed E-state index contributed by atoms with van der Waals surface area (Å²) < 4.78 is 27.1. The number of carbonyl (C=O) groups is 1. The molecule has 0 saturated heterocycles. The number of halogens is 1. The minimum absolute atomic E-state index is 0.112. The molecule has 16 heavy (non-hydrogen) atoms. The molecule has 0 aliphatic rings. The third-order valence-electron chi connectivity index (χ3n) is 1.87. The number of rotatable bonds is 4. The predicted octanol–water partition coefficient (Wildman–Crippen LogP) is 1.08. The van der Waals surface area contributed by atoms with Crippen LogP contribution in [0.15, 0.2) is 5.03 Å². The van der Waals surface area contributed by atoms with E-state index in [4.69, 9.17) is 15.4 Å². The Balaban J connectivity index is 3.32. The highest BCUT2D eigenvalue weighted by Gasteiger charge is 2.28. The van der Waals surface area contributed by atoms with Crippen molar-refractivity contribution >= 4 is 25.7 Å². The monoisotopic (exact) mass is 266 g/mol. The number of ether oxygens (including phenoxy) is 1. The van der Waals surface area contributed by atoms with Gasteiger partial charge in [0.1, 0.15) is 5.56 Å². The molecule has 6 nitrogen and oxygen atoms in total. The van der Waals surface area contributed by atoms with Crippen LogP contribution in [0.5, 0.6) is 0 Å². The number of hydrogen-bond acceptors (Lipinski definition) is 5. The lowest BCUT2D eigenvalue weighted by Gasteiger charge is -2.02. The third kappa shape index (κ3) is 2.53. The lowest BCUT2D eigenvalue weighted by Crippen LogP contribution is -2.10. The maximum Gasteiger partial charge on any atom is 0.343 e. The quantitative estimate of drug-likeness (QED) is 0.651. The van der Waals surface area contributed by atoms with Crippen molar-refractivity contribution in [3.63, 3.8) is 0 Å². The average Bonchev–Trinajstić information content (AvgIpc) is 2.60. The number of carbonyl (C=O) groups excluding carboxylic acids is 1. The number of nitrogens with one attached hydrogen (secondary N) is 1. The summed E-state index contributed by atoms with van der Waals surface area (Å²) in [5.74, 6) is -0.743. The van der Waals surface area contributed by atoms with Gasteiger partial charge in [0.2, 0.25) is 5.03 Å². The standard InChI is InChI=1S/C8H11ClN2O4S/c1-3-5-6(8(12)15-4-2)7(11-10-5)16(9,13)14/h3-4H2,1-2H3,(H,10,11). The van der Waals surface area contributed by atoms with Crippen molar-refractivity contribution in [3.8, 4) is 0 Å². The van der Waals surface area contributed by atoms with Crippen LogP contribution in [0, 0.1) is 0 Å². The largest absolute Gasteiger partial charge is 0.462 e. The molecule has 0 atom stereocenters. The molecule has 0 aliphatic carbocycles. The molecule has 0 radical (unpaired) electrons. The minimum Gasteiger partial charge on any atom is -0.462 e. The molecule has 0 unspecified atom stereocenters. The third-order valence-corrected chi connectivity index (χ3v) is 3.07. The van der Waals surface area contributed by atoms with E-state index in [0.717, 1.165) is 0 Å². The Morgan fingerprint density at radius 3 is 2.56 bits per heavy atom. The van der Waals surface area contributed by atoms with Gasteiger partial charge in [0.15, 0.2) is 0 Å². The van der Waals surface area contributed by atoms with E-state index in [1.165, 1.54) is 0 Å². The predicted molar refractivity (Wildman–Crippen MR) is 57.0 cm³/mol. The van der Waals surface area contributed by atoms with Gasteiger partial charge in [-0.2, -0.15) is 5.10 Å². The summed E-state index contributed by atoms with van der Waals surface area (Å²) in [5, 5.41) is 5.49. The minimum atomic E-state index is -4.06. The summed E-state index contributed by atoms with van der Waals surface area (Å²) in [6, 6.07) is 0. The van der Waals surface area contributed by atoms with Gasteiger partial charge >= 0.3 is 5.97 Å². The van der Waals surface area contributed by atoms with E-state index in [9.17, 15) is 13.2 Å². The fraction of sp³-hybridized carbons (Fsp3) is 0.500. The Labute approximate surface area is 97.4 Å². The van der Waals surface area contributed by atoms with Crippen molar-refractivity contribution in [3.05, 3.63) is 11.3 Å². The Morgan fingerprint density at radius 2 is 2.12 bits per heavy atom. The van der Waals surface area contributed by atoms with Crippen molar-refractivity contribution in [2.75, 3.05) is 6.61 Å². The Morgan fingerprint density at radius 1 is 1.50 bits per heavy atom. The van der Waals surface area contributed by atoms with Crippen LogP contribution in [-0.2, 0) is 20.2 Å². The number of nitrogens with zero attached hydrogens (tertiary/aromatic N) is 1. The van der Waals surface area contributed by atoms with E-state index in [0.29, 0.717) is 12.1 Å². The molecule has 1 N–H and O–H groups in total. The van der Waals surface area contributed by atoms with Crippen LogP contribution < -0.4 is 0 Å². The molecule has 1 aromatic heterocycles. The molecular formula is C8H11ClN2O4S.